The van der Waals surface area contributed by atoms with Crippen LogP contribution in [-0.4, -0.2) is 29.1 Å². The van der Waals surface area contributed by atoms with Crippen LogP contribution in [0.5, 0.6) is 0 Å². The molecule has 19 heavy (non-hydrogen) atoms. The van der Waals surface area contributed by atoms with Gasteiger partial charge < -0.3 is 10.0 Å². The first-order valence-corrected chi connectivity index (χ1v) is 6.63. The molecule has 0 atom stereocenters. The molecule has 1 aromatic heterocycles. The van der Waals surface area contributed by atoms with E-state index in [-0.39, 0.29) is 5.92 Å². The fourth-order valence-electron chi connectivity index (χ4n) is 2.23. The van der Waals surface area contributed by atoms with Crippen molar-refractivity contribution in [3.8, 4) is 0 Å². The molecule has 4 heteroatoms. The molecule has 0 saturated heterocycles. The number of aromatic carboxylic acids is 1. The third kappa shape index (κ3) is 3.13. The van der Waals surface area contributed by atoms with Crippen LogP contribution in [0.15, 0.2) is 23.8 Å². The molecular formula is C15H20N2O2. The van der Waals surface area contributed by atoms with Crippen molar-refractivity contribution in [2.45, 2.75) is 33.1 Å². The smallest absolute Gasteiger partial charge is 0.335 e. The Bertz CT molecular complexity index is 521. The van der Waals surface area contributed by atoms with Crippen LogP contribution in [0.1, 0.15) is 49.2 Å². The zero-order valence-corrected chi connectivity index (χ0v) is 11.7. The van der Waals surface area contributed by atoms with E-state index in [1.54, 1.807) is 12.1 Å². The molecule has 0 unspecified atom stereocenters. The first-order valence-electron chi connectivity index (χ1n) is 6.63. The van der Waals surface area contributed by atoms with Gasteiger partial charge in [-0.3, -0.25) is 0 Å². The Morgan fingerprint density at radius 2 is 2.16 bits per heavy atom. The number of aromatic nitrogens is 1. The molecule has 2 heterocycles. The van der Waals surface area contributed by atoms with Crippen molar-refractivity contribution >= 4 is 11.8 Å². The highest BCUT2D eigenvalue weighted by Crippen LogP contribution is 2.23. The Morgan fingerprint density at radius 3 is 2.74 bits per heavy atom. The zero-order chi connectivity index (χ0) is 14.0. The molecule has 1 N–H and O–H groups in total. The second-order valence-electron chi connectivity index (χ2n) is 5.36. The Morgan fingerprint density at radius 1 is 1.42 bits per heavy atom. The van der Waals surface area contributed by atoms with Crippen molar-refractivity contribution in [3.63, 3.8) is 0 Å². The van der Waals surface area contributed by atoms with Gasteiger partial charge in [0.25, 0.3) is 0 Å². The van der Waals surface area contributed by atoms with Gasteiger partial charge in [-0.25, -0.2) is 9.78 Å². The predicted molar refractivity (Wildman–Crippen MR) is 75.9 cm³/mol. The molecule has 1 aromatic rings. The second kappa shape index (κ2) is 5.43. The molecule has 0 bridgehead atoms. The number of carboxylic acid groups (broad SMARTS) is 1. The predicted octanol–water partition coefficient (Wildman–Crippen LogP) is 3.06. The molecule has 0 fully saturated rings. The lowest BCUT2D eigenvalue weighted by Crippen LogP contribution is -2.30. The topological polar surface area (TPSA) is 53.4 Å². The summed E-state index contributed by atoms with van der Waals surface area (Å²) in [5, 5.41) is 9.21. The molecule has 1 aliphatic heterocycles. The van der Waals surface area contributed by atoms with Crippen molar-refractivity contribution in [2.24, 2.45) is 0 Å². The SMILES string of the molecule is CC1=CCCN(c2cc(C(=O)O)cc(C(C)C)n2)C1. The lowest BCUT2D eigenvalue weighted by Gasteiger charge is -2.28. The standard InChI is InChI=1S/C15H20N2O2/c1-10(2)13-7-12(15(18)19)8-14(16-13)17-6-4-5-11(3)9-17/h5,7-8,10H,4,6,9H2,1-3H3,(H,18,19). The summed E-state index contributed by atoms with van der Waals surface area (Å²) in [7, 11) is 0. The van der Waals surface area contributed by atoms with Crippen molar-refractivity contribution in [3.05, 3.63) is 35.0 Å². The highest BCUT2D eigenvalue weighted by molar-refractivity contribution is 5.88. The number of carboxylic acids is 1. The van der Waals surface area contributed by atoms with Crippen molar-refractivity contribution in [2.75, 3.05) is 18.0 Å². The molecular weight excluding hydrogens is 240 g/mol. The summed E-state index contributed by atoms with van der Waals surface area (Å²) in [5.41, 5.74) is 2.46. The van der Waals surface area contributed by atoms with E-state index in [9.17, 15) is 9.90 Å². The first kappa shape index (κ1) is 13.6. The van der Waals surface area contributed by atoms with Crippen molar-refractivity contribution < 1.29 is 9.90 Å². The highest BCUT2D eigenvalue weighted by Gasteiger charge is 2.16. The van der Waals surface area contributed by atoms with Gasteiger partial charge >= 0.3 is 5.97 Å². The molecule has 1 aliphatic rings. The van der Waals surface area contributed by atoms with E-state index in [0.717, 1.165) is 31.0 Å². The highest BCUT2D eigenvalue weighted by atomic mass is 16.4. The minimum absolute atomic E-state index is 0.222. The zero-order valence-electron chi connectivity index (χ0n) is 11.7. The molecule has 2 rings (SSSR count). The third-order valence-corrected chi connectivity index (χ3v) is 3.33. The summed E-state index contributed by atoms with van der Waals surface area (Å²) in [5.74, 6) is 0.102. The summed E-state index contributed by atoms with van der Waals surface area (Å²) in [4.78, 5) is 18.0. The largest absolute Gasteiger partial charge is 0.478 e. The number of rotatable bonds is 3. The fourth-order valence-corrected chi connectivity index (χ4v) is 2.23. The van der Waals surface area contributed by atoms with Gasteiger partial charge in [-0.15, -0.1) is 0 Å². The normalized spacial score (nSPS) is 15.6. The molecule has 4 nitrogen and oxygen atoms in total. The number of pyridine rings is 1. The molecule has 0 aliphatic carbocycles. The van der Waals surface area contributed by atoms with Gasteiger partial charge in [0.1, 0.15) is 5.82 Å². The maximum atomic E-state index is 11.2. The van der Waals surface area contributed by atoms with Gasteiger partial charge in [0.05, 0.1) is 5.56 Å². The summed E-state index contributed by atoms with van der Waals surface area (Å²) in [6.45, 7) is 7.87. The number of hydrogen-bond donors (Lipinski definition) is 1. The van der Waals surface area contributed by atoms with E-state index in [1.807, 2.05) is 13.8 Å². The van der Waals surface area contributed by atoms with Crippen LogP contribution in [0.2, 0.25) is 0 Å². The van der Waals surface area contributed by atoms with Crippen LogP contribution in [0, 0.1) is 0 Å². The minimum atomic E-state index is -0.894. The van der Waals surface area contributed by atoms with Gasteiger partial charge in [-0.05, 0) is 31.4 Å². The monoisotopic (exact) mass is 260 g/mol. The van der Waals surface area contributed by atoms with Crippen molar-refractivity contribution in [1.29, 1.82) is 0 Å². The van der Waals surface area contributed by atoms with Gasteiger partial charge in [-0.1, -0.05) is 25.5 Å². The molecule has 0 amide bonds. The Balaban J connectivity index is 2.39. The van der Waals surface area contributed by atoms with E-state index in [4.69, 9.17) is 0 Å². The Labute approximate surface area is 113 Å². The lowest BCUT2D eigenvalue weighted by atomic mass is 10.1. The summed E-state index contributed by atoms with van der Waals surface area (Å²) in [6.07, 6.45) is 3.21. The number of anilines is 1. The maximum absolute atomic E-state index is 11.2. The van der Waals surface area contributed by atoms with E-state index < -0.39 is 5.97 Å². The maximum Gasteiger partial charge on any atom is 0.335 e. The summed E-state index contributed by atoms with van der Waals surface area (Å²) >= 11 is 0. The Kier molecular flexibility index (Phi) is 3.88. The van der Waals surface area contributed by atoms with Gasteiger partial charge in [0, 0.05) is 18.8 Å². The number of nitrogens with zero attached hydrogens (tertiary/aromatic N) is 2. The molecule has 0 radical (unpaired) electrons. The van der Waals surface area contributed by atoms with E-state index in [0.29, 0.717) is 5.56 Å². The first-order chi connectivity index (χ1) is 8.97. The average Bonchev–Trinajstić information content (AvgIpc) is 2.38. The van der Waals surface area contributed by atoms with Crippen molar-refractivity contribution in [1.82, 2.24) is 4.98 Å². The Hall–Kier alpha value is -1.84. The van der Waals surface area contributed by atoms with E-state index >= 15 is 0 Å². The van der Waals surface area contributed by atoms with Crippen LogP contribution >= 0.6 is 0 Å². The second-order valence-corrected chi connectivity index (χ2v) is 5.36. The summed E-state index contributed by atoms with van der Waals surface area (Å²) in [6, 6.07) is 3.34. The van der Waals surface area contributed by atoms with Crippen LogP contribution in [0.4, 0.5) is 5.82 Å². The molecule has 102 valence electrons. The van der Waals surface area contributed by atoms with Crippen LogP contribution < -0.4 is 4.90 Å². The third-order valence-electron chi connectivity index (χ3n) is 3.33. The lowest BCUT2D eigenvalue weighted by molar-refractivity contribution is 0.0696. The molecule has 0 spiro atoms. The van der Waals surface area contributed by atoms with E-state index in [2.05, 4.69) is 22.9 Å². The van der Waals surface area contributed by atoms with Gasteiger partial charge in [0.2, 0.25) is 0 Å². The van der Waals surface area contributed by atoms with Crippen LogP contribution in [0.25, 0.3) is 0 Å². The fraction of sp³-hybridized carbons (Fsp3) is 0.467. The van der Waals surface area contributed by atoms with Gasteiger partial charge in [0.15, 0.2) is 0 Å². The van der Waals surface area contributed by atoms with E-state index in [1.165, 1.54) is 5.57 Å². The minimum Gasteiger partial charge on any atom is -0.478 e. The van der Waals surface area contributed by atoms with Crippen LogP contribution in [0.3, 0.4) is 0 Å². The molecule has 0 aromatic carbocycles. The number of hydrogen-bond acceptors (Lipinski definition) is 3. The summed E-state index contributed by atoms with van der Waals surface area (Å²) < 4.78 is 0. The van der Waals surface area contributed by atoms with Crippen LogP contribution in [-0.2, 0) is 0 Å². The quantitative estimate of drug-likeness (QED) is 0.849. The number of carbonyl (C=O) groups is 1. The average molecular weight is 260 g/mol. The van der Waals surface area contributed by atoms with Gasteiger partial charge in [-0.2, -0.15) is 0 Å². The molecule has 0 saturated carbocycles.